The zero-order valence-corrected chi connectivity index (χ0v) is 13.9. The minimum atomic E-state index is -0.312. The molecule has 7 heteroatoms. The molecular formula is C14H22N6S. The third-order valence-corrected chi connectivity index (χ3v) is 4.31. The highest BCUT2D eigenvalue weighted by molar-refractivity contribution is 7.09. The summed E-state index contributed by atoms with van der Waals surface area (Å²) in [5.41, 5.74) is 3.23. The second-order valence-electron chi connectivity index (χ2n) is 5.79. The molecular weight excluding hydrogens is 284 g/mol. The van der Waals surface area contributed by atoms with Crippen LogP contribution in [-0.2, 0) is 5.54 Å². The van der Waals surface area contributed by atoms with Gasteiger partial charge in [0.15, 0.2) is 0 Å². The van der Waals surface area contributed by atoms with Crippen molar-refractivity contribution in [3.8, 4) is 0 Å². The summed E-state index contributed by atoms with van der Waals surface area (Å²) >= 11 is 1.62. The highest BCUT2D eigenvalue weighted by Crippen LogP contribution is 2.30. The molecule has 4 N–H and O–H groups in total. The lowest BCUT2D eigenvalue weighted by molar-refractivity contribution is 0.598. The lowest BCUT2D eigenvalue weighted by Crippen LogP contribution is -2.29. The SMILES string of the molecule is Cc1c(NN)nc(C(C)C)nc1NC(C)(C)c1nccs1. The molecule has 6 nitrogen and oxygen atoms in total. The Morgan fingerprint density at radius 1 is 1.24 bits per heavy atom. The quantitative estimate of drug-likeness (QED) is 0.581. The lowest BCUT2D eigenvalue weighted by atomic mass is 10.1. The van der Waals surface area contributed by atoms with Crippen molar-refractivity contribution < 1.29 is 0 Å². The molecule has 0 aromatic carbocycles. The van der Waals surface area contributed by atoms with Gasteiger partial charge in [-0.3, -0.25) is 0 Å². The number of nitrogens with zero attached hydrogens (tertiary/aromatic N) is 3. The van der Waals surface area contributed by atoms with Gasteiger partial charge in [-0.05, 0) is 20.8 Å². The molecule has 0 unspecified atom stereocenters. The second kappa shape index (κ2) is 5.95. The molecule has 0 bridgehead atoms. The van der Waals surface area contributed by atoms with Crippen LogP contribution in [0.2, 0.25) is 0 Å². The molecule has 0 atom stereocenters. The number of aromatic nitrogens is 3. The van der Waals surface area contributed by atoms with Crippen molar-refractivity contribution in [2.24, 2.45) is 5.84 Å². The van der Waals surface area contributed by atoms with Gasteiger partial charge < -0.3 is 10.7 Å². The van der Waals surface area contributed by atoms with Crippen molar-refractivity contribution >= 4 is 23.0 Å². The van der Waals surface area contributed by atoms with Crippen molar-refractivity contribution in [1.29, 1.82) is 0 Å². The van der Waals surface area contributed by atoms with Crippen molar-refractivity contribution in [2.75, 3.05) is 10.7 Å². The monoisotopic (exact) mass is 306 g/mol. The third-order valence-electron chi connectivity index (χ3n) is 3.21. The number of nitrogen functional groups attached to an aromatic ring is 1. The summed E-state index contributed by atoms with van der Waals surface area (Å²) in [6.45, 7) is 10.2. The zero-order valence-electron chi connectivity index (χ0n) is 13.1. The Morgan fingerprint density at radius 2 is 1.90 bits per heavy atom. The van der Waals surface area contributed by atoms with Crippen LogP contribution in [0.4, 0.5) is 11.6 Å². The molecule has 0 radical (unpaired) electrons. The van der Waals surface area contributed by atoms with Crippen LogP contribution in [-0.4, -0.2) is 15.0 Å². The molecule has 2 aromatic heterocycles. The number of hydrazine groups is 1. The molecule has 0 aliphatic rings. The Bertz CT molecular complexity index is 606. The molecule has 0 amide bonds. The first-order chi connectivity index (χ1) is 9.85. The number of anilines is 2. The van der Waals surface area contributed by atoms with Gasteiger partial charge in [-0.15, -0.1) is 11.3 Å². The normalized spacial score (nSPS) is 11.8. The summed E-state index contributed by atoms with van der Waals surface area (Å²) in [6.07, 6.45) is 1.81. The molecule has 0 aliphatic heterocycles. The largest absolute Gasteiger partial charge is 0.358 e. The summed E-state index contributed by atoms with van der Waals surface area (Å²) in [5, 5.41) is 6.44. The van der Waals surface area contributed by atoms with E-state index in [0.29, 0.717) is 5.82 Å². The fraction of sp³-hybridized carbons (Fsp3) is 0.500. The fourth-order valence-electron chi connectivity index (χ4n) is 1.94. The maximum atomic E-state index is 5.57. The molecule has 114 valence electrons. The molecule has 0 fully saturated rings. The molecule has 2 aromatic rings. The summed E-state index contributed by atoms with van der Waals surface area (Å²) in [6, 6.07) is 0. The zero-order chi connectivity index (χ0) is 15.6. The average molecular weight is 306 g/mol. The van der Waals surface area contributed by atoms with Crippen molar-refractivity contribution in [3.63, 3.8) is 0 Å². The van der Waals surface area contributed by atoms with Crippen LogP contribution in [0, 0.1) is 6.92 Å². The molecule has 0 aliphatic carbocycles. The number of nitrogens with two attached hydrogens (primary N) is 1. The van der Waals surface area contributed by atoms with Crippen LogP contribution in [0.3, 0.4) is 0 Å². The highest BCUT2D eigenvalue weighted by atomic mass is 32.1. The van der Waals surface area contributed by atoms with Gasteiger partial charge in [0, 0.05) is 23.1 Å². The van der Waals surface area contributed by atoms with Gasteiger partial charge in [-0.1, -0.05) is 13.8 Å². The first-order valence-corrected chi connectivity index (χ1v) is 7.76. The van der Waals surface area contributed by atoms with Crippen LogP contribution in [0.1, 0.15) is 50.0 Å². The Hall–Kier alpha value is -1.73. The highest BCUT2D eigenvalue weighted by Gasteiger charge is 2.25. The van der Waals surface area contributed by atoms with E-state index in [-0.39, 0.29) is 11.5 Å². The summed E-state index contributed by atoms with van der Waals surface area (Å²) in [7, 11) is 0. The van der Waals surface area contributed by atoms with E-state index in [1.807, 2.05) is 18.5 Å². The molecule has 0 saturated heterocycles. The fourth-order valence-corrected chi connectivity index (χ4v) is 2.65. The van der Waals surface area contributed by atoms with Gasteiger partial charge in [-0.2, -0.15) is 0 Å². The second-order valence-corrected chi connectivity index (χ2v) is 6.68. The van der Waals surface area contributed by atoms with Crippen molar-refractivity contribution in [2.45, 2.75) is 46.1 Å². The molecule has 0 spiro atoms. The van der Waals surface area contributed by atoms with E-state index in [1.165, 1.54) is 0 Å². The van der Waals surface area contributed by atoms with Crippen molar-refractivity contribution in [1.82, 2.24) is 15.0 Å². The lowest BCUT2D eigenvalue weighted by Gasteiger charge is -2.26. The number of hydrogen-bond donors (Lipinski definition) is 3. The van der Waals surface area contributed by atoms with Crippen molar-refractivity contribution in [3.05, 3.63) is 28.0 Å². The smallest absolute Gasteiger partial charge is 0.148 e. The van der Waals surface area contributed by atoms with Gasteiger partial charge in [0.1, 0.15) is 22.5 Å². The molecule has 0 saturated carbocycles. The van der Waals surface area contributed by atoms with E-state index < -0.39 is 0 Å². The number of nitrogens with one attached hydrogen (secondary N) is 2. The van der Waals surface area contributed by atoms with E-state index in [1.54, 1.807) is 11.3 Å². The molecule has 2 heterocycles. The van der Waals surface area contributed by atoms with Gasteiger partial charge in [0.2, 0.25) is 0 Å². The van der Waals surface area contributed by atoms with Gasteiger partial charge in [0.05, 0.1) is 5.54 Å². The van der Waals surface area contributed by atoms with Gasteiger partial charge in [0.25, 0.3) is 0 Å². The minimum Gasteiger partial charge on any atom is -0.358 e. The van der Waals surface area contributed by atoms with Crippen LogP contribution in [0.5, 0.6) is 0 Å². The Balaban J connectivity index is 2.41. The van der Waals surface area contributed by atoms with E-state index in [4.69, 9.17) is 5.84 Å². The number of thiazole rings is 1. The van der Waals surface area contributed by atoms with Crippen LogP contribution in [0.15, 0.2) is 11.6 Å². The Kier molecular flexibility index (Phi) is 4.43. The Morgan fingerprint density at radius 3 is 2.43 bits per heavy atom. The van der Waals surface area contributed by atoms with E-state index >= 15 is 0 Å². The number of rotatable bonds is 5. The van der Waals surface area contributed by atoms with E-state index in [2.05, 4.69) is 53.4 Å². The van der Waals surface area contributed by atoms with Gasteiger partial charge >= 0.3 is 0 Å². The molecule has 2 rings (SSSR count). The predicted octanol–water partition coefficient (Wildman–Crippen LogP) is 3.00. The third kappa shape index (κ3) is 3.30. The van der Waals surface area contributed by atoms with Crippen LogP contribution < -0.4 is 16.6 Å². The Labute approximate surface area is 129 Å². The molecule has 21 heavy (non-hydrogen) atoms. The summed E-state index contributed by atoms with van der Waals surface area (Å²) in [5.74, 6) is 7.97. The predicted molar refractivity (Wildman–Crippen MR) is 87.4 cm³/mol. The van der Waals surface area contributed by atoms with Crippen LogP contribution in [0.25, 0.3) is 0 Å². The average Bonchev–Trinajstić information content (AvgIpc) is 2.95. The maximum absolute atomic E-state index is 5.57. The van der Waals surface area contributed by atoms with E-state index in [9.17, 15) is 0 Å². The summed E-state index contributed by atoms with van der Waals surface area (Å²) < 4.78 is 0. The standard InChI is InChI=1S/C14H22N6S/c1-8(2)10-17-11(9(3)12(18-10)20-15)19-14(4,5)13-16-6-7-21-13/h6-8H,15H2,1-5H3,(H2,17,18,19,20). The first kappa shape index (κ1) is 15.7. The minimum absolute atomic E-state index is 0.223. The summed E-state index contributed by atoms with van der Waals surface area (Å²) in [4.78, 5) is 13.5. The van der Waals surface area contributed by atoms with Crippen LogP contribution >= 0.6 is 11.3 Å². The number of hydrogen-bond acceptors (Lipinski definition) is 7. The topological polar surface area (TPSA) is 88.8 Å². The maximum Gasteiger partial charge on any atom is 0.148 e. The first-order valence-electron chi connectivity index (χ1n) is 6.88. The van der Waals surface area contributed by atoms with E-state index in [0.717, 1.165) is 22.2 Å². The van der Waals surface area contributed by atoms with Gasteiger partial charge in [-0.25, -0.2) is 20.8 Å².